The largest absolute Gasteiger partial charge is 0.368 e. The van der Waals surface area contributed by atoms with Crippen LogP contribution in [0.3, 0.4) is 0 Å². The Morgan fingerprint density at radius 1 is 1.13 bits per heavy atom. The summed E-state index contributed by atoms with van der Waals surface area (Å²) in [5.74, 6) is 0.637. The quantitative estimate of drug-likeness (QED) is 0.831. The number of Topliss-reactive ketones (excluding diaryl/α,β-unsaturated/α-hetero) is 1. The van der Waals surface area contributed by atoms with E-state index in [0.29, 0.717) is 25.9 Å². The zero-order valence-electron chi connectivity index (χ0n) is 13.6. The number of carbonyl (C=O) groups excluding carboxylic acids is 2. The van der Waals surface area contributed by atoms with E-state index < -0.39 is 0 Å². The summed E-state index contributed by atoms with van der Waals surface area (Å²) in [5, 5.41) is 0.777. The molecule has 23 heavy (non-hydrogen) atoms. The first kappa shape index (κ1) is 16.3. The molecule has 1 saturated heterocycles. The number of halogens is 1. The van der Waals surface area contributed by atoms with Crippen molar-refractivity contribution in [1.82, 2.24) is 4.90 Å². The number of hydrogen-bond acceptors (Lipinski definition) is 3. The van der Waals surface area contributed by atoms with Gasteiger partial charge in [0.15, 0.2) is 0 Å². The Morgan fingerprint density at radius 2 is 1.83 bits per heavy atom. The molecule has 1 aromatic rings. The van der Waals surface area contributed by atoms with E-state index in [0.717, 1.165) is 42.2 Å². The molecule has 2 aliphatic rings. The highest BCUT2D eigenvalue weighted by Gasteiger charge is 2.30. The molecule has 0 unspecified atom stereocenters. The Labute approximate surface area is 142 Å². The zero-order valence-corrected chi connectivity index (χ0v) is 14.3. The van der Waals surface area contributed by atoms with E-state index in [1.165, 1.54) is 0 Å². The molecule has 2 fully saturated rings. The molecule has 1 amide bonds. The molecule has 1 aliphatic carbocycles. The molecule has 0 N–H and O–H groups in total. The number of benzene rings is 1. The van der Waals surface area contributed by atoms with Crippen LogP contribution in [0.2, 0.25) is 5.02 Å². The number of hydrogen-bond donors (Lipinski definition) is 0. The predicted molar refractivity (Wildman–Crippen MR) is 91.9 cm³/mol. The van der Waals surface area contributed by atoms with Crippen LogP contribution in [0.15, 0.2) is 18.2 Å². The van der Waals surface area contributed by atoms with Gasteiger partial charge >= 0.3 is 0 Å². The first-order valence-corrected chi connectivity index (χ1v) is 8.74. The molecule has 0 spiro atoms. The summed E-state index contributed by atoms with van der Waals surface area (Å²) in [6.07, 6.45) is 2.82. The highest BCUT2D eigenvalue weighted by molar-refractivity contribution is 6.31. The Bertz CT molecular complexity index is 605. The summed E-state index contributed by atoms with van der Waals surface area (Å²) in [6.45, 7) is 5.07. The number of amides is 1. The van der Waals surface area contributed by atoms with Gasteiger partial charge in [-0.3, -0.25) is 9.59 Å². The second-order valence-corrected chi connectivity index (χ2v) is 6.90. The second kappa shape index (κ2) is 6.91. The highest BCUT2D eigenvalue weighted by Crippen LogP contribution is 2.31. The van der Waals surface area contributed by atoms with Crippen molar-refractivity contribution in [2.75, 3.05) is 31.1 Å². The van der Waals surface area contributed by atoms with Crippen LogP contribution >= 0.6 is 11.6 Å². The van der Waals surface area contributed by atoms with Gasteiger partial charge in [-0.05, 0) is 37.5 Å². The summed E-state index contributed by atoms with van der Waals surface area (Å²) in [5.41, 5.74) is 2.23. The molecule has 0 radical (unpaired) electrons. The lowest BCUT2D eigenvalue weighted by Gasteiger charge is -2.37. The van der Waals surface area contributed by atoms with Crippen LogP contribution in [-0.2, 0) is 9.59 Å². The molecule has 1 aliphatic heterocycles. The summed E-state index contributed by atoms with van der Waals surface area (Å²) >= 11 is 6.19. The Hall–Kier alpha value is -1.55. The average Bonchev–Trinajstić information content (AvgIpc) is 3.40. The van der Waals surface area contributed by atoms with Crippen LogP contribution in [0, 0.1) is 12.8 Å². The Kier molecular flexibility index (Phi) is 4.90. The number of nitrogens with zero attached hydrogens (tertiary/aromatic N) is 2. The van der Waals surface area contributed by atoms with E-state index in [2.05, 4.69) is 11.0 Å². The maximum Gasteiger partial charge on any atom is 0.223 e. The van der Waals surface area contributed by atoms with Crippen molar-refractivity contribution in [3.8, 4) is 0 Å². The van der Waals surface area contributed by atoms with Crippen molar-refractivity contribution in [3.63, 3.8) is 0 Å². The minimum atomic E-state index is 0.112. The van der Waals surface area contributed by atoms with Gasteiger partial charge in [-0.1, -0.05) is 17.7 Å². The minimum Gasteiger partial charge on any atom is -0.368 e. The lowest BCUT2D eigenvalue weighted by Crippen LogP contribution is -2.49. The molecule has 0 bridgehead atoms. The van der Waals surface area contributed by atoms with Crippen molar-refractivity contribution in [2.24, 2.45) is 5.92 Å². The van der Waals surface area contributed by atoms with Crippen molar-refractivity contribution < 1.29 is 9.59 Å². The molecule has 124 valence electrons. The standard InChI is InChI=1S/C18H23ClN2O2/c1-13-15(19)3-2-4-16(13)20-9-11-21(12-10-20)18(23)8-7-17(22)14-5-6-14/h2-4,14H,5-12H2,1H3. The van der Waals surface area contributed by atoms with E-state index in [1.807, 2.05) is 24.0 Å². The van der Waals surface area contributed by atoms with Crippen molar-refractivity contribution in [2.45, 2.75) is 32.6 Å². The fourth-order valence-corrected chi connectivity index (χ4v) is 3.30. The average molecular weight is 335 g/mol. The molecular weight excluding hydrogens is 312 g/mol. The first-order chi connectivity index (χ1) is 11.1. The van der Waals surface area contributed by atoms with Crippen LogP contribution < -0.4 is 4.90 Å². The summed E-state index contributed by atoms with van der Waals surface area (Å²) in [4.78, 5) is 28.1. The molecule has 1 heterocycles. The van der Waals surface area contributed by atoms with Gasteiger partial charge in [0.1, 0.15) is 5.78 Å². The molecule has 5 heteroatoms. The van der Waals surface area contributed by atoms with Crippen molar-refractivity contribution in [3.05, 3.63) is 28.8 Å². The molecular formula is C18H23ClN2O2. The van der Waals surface area contributed by atoms with Crippen LogP contribution in [-0.4, -0.2) is 42.8 Å². The fraction of sp³-hybridized carbons (Fsp3) is 0.556. The van der Waals surface area contributed by atoms with Gasteiger partial charge in [-0.25, -0.2) is 0 Å². The third-order valence-electron chi connectivity index (χ3n) is 4.83. The third kappa shape index (κ3) is 3.86. The lowest BCUT2D eigenvalue weighted by molar-refractivity contribution is -0.133. The predicted octanol–water partition coefficient (Wildman–Crippen LogP) is 3.06. The van der Waals surface area contributed by atoms with Crippen molar-refractivity contribution >= 4 is 29.0 Å². The second-order valence-electron chi connectivity index (χ2n) is 6.49. The molecule has 0 aromatic heterocycles. The van der Waals surface area contributed by atoms with Gasteiger partial charge < -0.3 is 9.80 Å². The van der Waals surface area contributed by atoms with Gasteiger partial charge in [0.05, 0.1) is 0 Å². The lowest BCUT2D eigenvalue weighted by atomic mass is 10.1. The van der Waals surface area contributed by atoms with Gasteiger partial charge in [-0.2, -0.15) is 0 Å². The van der Waals surface area contributed by atoms with E-state index in [4.69, 9.17) is 11.6 Å². The first-order valence-electron chi connectivity index (χ1n) is 8.37. The summed E-state index contributed by atoms with van der Waals surface area (Å²) in [6, 6.07) is 5.94. The minimum absolute atomic E-state index is 0.112. The summed E-state index contributed by atoms with van der Waals surface area (Å²) in [7, 11) is 0. The molecule has 4 nitrogen and oxygen atoms in total. The molecule has 0 atom stereocenters. The zero-order chi connectivity index (χ0) is 16.4. The van der Waals surface area contributed by atoms with Crippen LogP contribution in [0.25, 0.3) is 0 Å². The van der Waals surface area contributed by atoms with Crippen molar-refractivity contribution in [1.29, 1.82) is 0 Å². The van der Waals surface area contributed by atoms with E-state index >= 15 is 0 Å². The number of piperazine rings is 1. The smallest absolute Gasteiger partial charge is 0.223 e. The maximum atomic E-state index is 12.2. The normalized spacial score (nSPS) is 18.2. The fourth-order valence-electron chi connectivity index (χ4n) is 3.13. The monoisotopic (exact) mass is 334 g/mol. The number of anilines is 1. The van der Waals surface area contributed by atoms with Crippen LogP contribution in [0.1, 0.15) is 31.2 Å². The van der Waals surface area contributed by atoms with Gasteiger partial charge in [0, 0.05) is 55.6 Å². The van der Waals surface area contributed by atoms with E-state index in [9.17, 15) is 9.59 Å². The topological polar surface area (TPSA) is 40.6 Å². The SMILES string of the molecule is Cc1c(Cl)cccc1N1CCN(C(=O)CCC(=O)C2CC2)CC1. The van der Waals surface area contributed by atoms with Gasteiger partial charge in [-0.15, -0.1) is 0 Å². The summed E-state index contributed by atoms with van der Waals surface area (Å²) < 4.78 is 0. The van der Waals surface area contributed by atoms with Crippen LogP contribution in [0.5, 0.6) is 0 Å². The van der Waals surface area contributed by atoms with Crippen LogP contribution in [0.4, 0.5) is 5.69 Å². The number of ketones is 1. The third-order valence-corrected chi connectivity index (χ3v) is 5.24. The molecule has 3 rings (SSSR count). The Balaban J connectivity index is 1.50. The Morgan fingerprint density at radius 3 is 2.48 bits per heavy atom. The van der Waals surface area contributed by atoms with E-state index in [-0.39, 0.29) is 17.6 Å². The highest BCUT2D eigenvalue weighted by atomic mass is 35.5. The maximum absolute atomic E-state index is 12.2. The molecule has 1 aromatic carbocycles. The van der Waals surface area contributed by atoms with Gasteiger partial charge in [0.25, 0.3) is 0 Å². The number of rotatable bonds is 5. The number of carbonyl (C=O) groups is 2. The van der Waals surface area contributed by atoms with E-state index in [1.54, 1.807) is 0 Å². The molecule has 1 saturated carbocycles. The van der Waals surface area contributed by atoms with Gasteiger partial charge in [0.2, 0.25) is 5.91 Å².